The maximum Gasteiger partial charge on any atom is 0.239 e. The van der Waals surface area contributed by atoms with Gasteiger partial charge in [-0.25, -0.2) is 4.98 Å². The van der Waals surface area contributed by atoms with E-state index in [0.29, 0.717) is 24.1 Å². The molecule has 0 aromatic carbocycles. The summed E-state index contributed by atoms with van der Waals surface area (Å²) in [5.74, 6) is 1.43. The van der Waals surface area contributed by atoms with E-state index in [9.17, 15) is 4.79 Å². The van der Waals surface area contributed by atoms with Crippen LogP contribution < -0.4 is 15.8 Å². The first-order valence-corrected chi connectivity index (χ1v) is 6.87. The molecule has 0 saturated heterocycles. The van der Waals surface area contributed by atoms with Crippen molar-refractivity contribution in [3.05, 3.63) is 18.3 Å². The van der Waals surface area contributed by atoms with Crippen LogP contribution in [0.4, 0.5) is 5.82 Å². The Balaban J connectivity index is 1.93. The van der Waals surface area contributed by atoms with E-state index in [1.165, 1.54) is 32.1 Å². The number of amides is 1. The molecule has 0 spiro atoms. The van der Waals surface area contributed by atoms with E-state index in [2.05, 4.69) is 10.3 Å². The van der Waals surface area contributed by atoms with Gasteiger partial charge in [-0.15, -0.1) is 0 Å². The highest BCUT2D eigenvalue weighted by atomic mass is 16.5. The zero-order chi connectivity index (χ0) is 13.5. The quantitative estimate of drug-likeness (QED) is 0.851. The molecule has 3 N–H and O–H groups in total. The molecule has 0 bridgehead atoms. The Morgan fingerprint density at radius 2 is 2.21 bits per heavy atom. The summed E-state index contributed by atoms with van der Waals surface area (Å²) in [6.07, 6.45) is 7.99. The number of pyridine rings is 1. The molecule has 1 aromatic rings. The van der Waals surface area contributed by atoms with Gasteiger partial charge in [0.05, 0.1) is 13.2 Å². The molecule has 2 rings (SSSR count). The number of hydrogen-bond acceptors (Lipinski definition) is 4. The second-order valence-corrected chi connectivity index (χ2v) is 4.92. The molecule has 0 atom stereocenters. The minimum absolute atomic E-state index is 0.0569. The van der Waals surface area contributed by atoms with Gasteiger partial charge >= 0.3 is 0 Å². The van der Waals surface area contributed by atoms with Crippen LogP contribution in [-0.2, 0) is 4.79 Å². The molecule has 1 saturated carbocycles. The average molecular weight is 263 g/mol. The number of nitrogens with zero attached hydrogens (tertiary/aromatic N) is 1. The molecule has 1 aromatic heterocycles. The van der Waals surface area contributed by atoms with Crippen molar-refractivity contribution in [1.82, 2.24) is 4.98 Å². The van der Waals surface area contributed by atoms with Crippen molar-refractivity contribution in [2.24, 2.45) is 11.7 Å². The lowest BCUT2D eigenvalue weighted by atomic mass is 9.90. The van der Waals surface area contributed by atoms with Crippen molar-refractivity contribution < 1.29 is 9.53 Å². The summed E-state index contributed by atoms with van der Waals surface area (Å²) in [5, 5.41) is 2.65. The Morgan fingerprint density at radius 3 is 2.95 bits per heavy atom. The van der Waals surface area contributed by atoms with Crippen LogP contribution in [0.25, 0.3) is 0 Å². The van der Waals surface area contributed by atoms with Crippen molar-refractivity contribution in [1.29, 1.82) is 0 Å². The van der Waals surface area contributed by atoms with E-state index >= 15 is 0 Å². The minimum Gasteiger partial charge on any atom is -0.489 e. The van der Waals surface area contributed by atoms with Gasteiger partial charge in [0.1, 0.15) is 0 Å². The predicted molar refractivity (Wildman–Crippen MR) is 74.0 cm³/mol. The Kier molecular flexibility index (Phi) is 5.15. The van der Waals surface area contributed by atoms with Gasteiger partial charge in [-0.3, -0.25) is 4.79 Å². The SMILES string of the molecule is NCC(=O)Nc1ncccc1OCC1CCCCC1. The summed E-state index contributed by atoms with van der Waals surface area (Å²) in [4.78, 5) is 15.4. The maximum absolute atomic E-state index is 11.3. The second kappa shape index (κ2) is 7.09. The van der Waals surface area contributed by atoms with E-state index in [0.717, 1.165) is 0 Å². The summed E-state index contributed by atoms with van der Waals surface area (Å²) >= 11 is 0. The number of carbonyl (C=O) groups excluding carboxylic acids is 1. The topological polar surface area (TPSA) is 77.2 Å². The van der Waals surface area contributed by atoms with Crippen LogP contribution in [0.5, 0.6) is 5.75 Å². The minimum atomic E-state index is -0.263. The Bertz CT molecular complexity index is 417. The van der Waals surface area contributed by atoms with Gasteiger partial charge < -0.3 is 15.8 Å². The third-order valence-corrected chi connectivity index (χ3v) is 3.41. The molecule has 0 aliphatic heterocycles. The molecule has 1 fully saturated rings. The molecular formula is C14H21N3O2. The van der Waals surface area contributed by atoms with Gasteiger partial charge in [0, 0.05) is 6.20 Å². The number of nitrogens with two attached hydrogens (primary N) is 1. The first kappa shape index (κ1) is 13.8. The summed E-state index contributed by atoms with van der Waals surface area (Å²) in [7, 11) is 0. The van der Waals surface area contributed by atoms with Gasteiger partial charge in [0.15, 0.2) is 11.6 Å². The van der Waals surface area contributed by atoms with Crippen LogP contribution in [0.15, 0.2) is 18.3 Å². The number of carbonyl (C=O) groups is 1. The predicted octanol–water partition coefficient (Wildman–Crippen LogP) is 1.94. The molecule has 19 heavy (non-hydrogen) atoms. The van der Waals surface area contributed by atoms with E-state index in [-0.39, 0.29) is 12.5 Å². The highest BCUT2D eigenvalue weighted by molar-refractivity contribution is 5.92. The number of nitrogens with one attached hydrogen (secondary N) is 1. The zero-order valence-electron chi connectivity index (χ0n) is 11.1. The molecular weight excluding hydrogens is 242 g/mol. The molecule has 1 amide bonds. The lowest BCUT2D eigenvalue weighted by Crippen LogP contribution is -2.23. The van der Waals surface area contributed by atoms with Crippen molar-refractivity contribution in [2.75, 3.05) is 18.5 Å². The summed E-state index contributed by atoms with van der Waals surface area (Å²) < 4.78 is 5.80. The number of anilines is 1. The molecule has 5 nitrogen and oxygen atoms in total. The molecule has 104 valence electrons. The first-order chi connectivity index (χ1) is 9.29. The normalized spacial score (nSPS) is 16.1. The van der Waals surface area contributed by atoms with Gasteiger partial charge in [0.2, 0.25) is 5.91 Å². The Hall–Kier alpha value is -1.62. The van der Waals surface area contributed by atoms with Crippen molar-refractivity contribution >= 4 is 11.7 Å². The van der Waals surface area contributed by atoms with E-state index in [1.54, 1.807) is 12.3 Å². The van der Waals surface area contributed by atoms with E-state index in [1.807, 2.05) is 6.07 Å². The third-order valence-electron chi connectivity index (χ3n) is 3.41. The fourth-order valence-electron chi connectivity index (χ4n) is 2.35. The van der Waals surface area contributed by atoms with Crippen molar-refractivity contribution in [2.45, 2.75) is 32.1 Å². The second-order valence-electron chi connectivity index (χ2n) is 4.92. The zero-order valence-corrected chi connectivity index (χ0v) is 11.1. The van der Waals surface area contributed by atoms with Crippen molar-refractivity contribution in [3.63, 3.8) is 0 Å². The highest BCUT2D eigenvalue weighted by Crippen LogP contribution is 2.26. The van der Waals surface area contributed by atoms with Crippen LogP contribution in [0.3, 0.4) is 0 Å². The standard InChI is InChI=1S/C14H21N3O2/c15-9-13(18)17-14-12(7-4-8-16-14)19-10-11-5-2-1-3-6-11/h4,7-8,11H,1-3,5-6,9-10,15H2,(H,16,17,18). The van der Waals surface area contributed by atoms with Crippen LogP contribution in [0.2, 0.25) is 0 Å². The van der Waals surface area contributed by atoms with Crippen LogP contribution in [-0.4, -0.2) is 24.0 Å². The highest BCUT2D eigenvalue weighted by Gasteiger charge is 2.15. The molecule has 1 aliphatic rings. The fourth-order valence-corrected chi connectivity index (χ4v) is 2.35. The lowest BCUT2D eigenvalue weighted by molar-refractivity contribution is -0.114. The fraction of sp³-hybridized carbons (Fsp3) is 0.571. The monoisotopic (exact) mass is 263 g/mol. The number of rotatable bonds is 5. The average Bonchev–Trinajstić information content (AvgIpc) is 2.47. The van der Waals surface area contributed by atoms with Gasteiger partial charge in [-0.1, -0.05) is 19.3 Å². The molecule has 0 unspecified atom stereocenters. The molecule has 5 heteroatoms. The Labute approximate surface area is 113 Å². The number of aromatic nitrogens is 1. The summed E-state index contributed by atoms with van der Waals surface area (Å²) in [6, 6.07) is 3.62. The van der Waals surface area contributed by atoms with Gasteiger partial charge in [0.25, 0.3) is 0 Å². The van der Waals surface area contributed by atoms with Crippen LogP contribution >= 0.6 is 0 Å². The lowest BCUT2D eigenvalue weighted by Gasteiger charge is -2.22. The van der Waals surface area contributed by atoms with Crippen LogP contribution in [0.1, 0.15) is 32.1 Å². The van der Waals surface area contributed by atoms with Crippen LogP contribution in [0, 0.1) is 5.92 Å². The van der Waals surface area contributed by atoms with E-state index < -0.39 is 0 Å². The Morgan fingerprint density at radius 1 is 1.42 bits per heavy atom. The summed E-state index contributed by atoms with van der Waals surface area (Å²) in [5.41, 5.74) is 5.28. The summed E-state index contributed by atoms with van der Waals surface area (Å²) in [6.45, 7) is 0.635. The molecule has 0 radical (unpaired) electrons. The number of ether oxygens (including phenoxy) is 1. The first-order valence-electron chi connectivity index (χ1n) is 6.87. The maximum atomic E-state index is 11.3. The van der Waals surface area contributed by atoms with Gasteiger partial charge in [-0.05, 0) is 30.9 Å². The molecule has 1 heterocycles. The third kappa shape index (κ3) is 4.21. The molecule has 1 aliphatic carbocycles. The van der Waals surface area contributed by atoms with E-state index in [4.69, 9.17) is 10.5 Å². The number of hydrogen-bond donors (Lipinski definition) is 2. The smallest absolute Gasteiger partial charge is 0.239 e. The largest absolute Gasteiger partial charge is 0.489 e. The van der Waals surface area contributed by atoms with Crippen molar-refractivity contribution in [3.8, 4) is 5.75 Å². The van der Waals surface area contributed by atoms with Gasteiger partial charge in [-0.2, -0.15) is 0 Å².